The molecule has 0 aliphatic carbocycles. The highest BCUT2D eigenvalue weighted by Crippen LogP contribution is 2.34. The number of amides is 1. The number of esters is 3. The van der Waals surface area contributed by atoms with E-state index in [1.807, 2.05) is 0 Å². The van der Waals surface area contributed by atoms with Crippen LogP contribution in [0.2, 0.25) is 5.15 Å². The Balaban J connectivity index is 2.23. The fourth-order valence-electron chi connectivity index (χ4n) is 2.47. The second kappa shape index (κ2) is 10.9. The quantitative estimate of drug-likeness (QED) is 0.354. The van der Waals surface area contributed by atoms with Gasteiger partial charge < -0.3 is 19.5 Å². The Morgan fingerprint density at radius 3 is 2.39 bits per heavy atom. The molecule has 0 aromatic carbocycles. The molecule has 2 heterocycles. The molecule has 0 radical (unpaired) electrons. The molecule has 1 N–H and O–H groups in total. The van der Waals surface area contributed by atoms with E-state index in [1.54, 1.807) is 20.8 Å². The van der Waals surface area contributed by atoms with Gasteiger partial charge in [-0.25, -0.2) is 19.4 Å². The zero-order valence-corrected chi connectivity index (χ0v) is 18.9. The molecule has 1 atom stereocenters. The van der Waals surface area contributed by atoms with Gasteiger partial charge in [0.05, 0.1) is 24.3 Å². The summed E-state index contributed by atoms with van der Waals surface area (Å²) < 4.78 is 15.2. The van der Waals surface area contributed by atoms with Gasteiger partial charge in [-0.2, -0.15) is 0 Å². The Kier molecular flexibility index (Phi) is 8.52. The molecule has 0 aliphatic rings. The molecule has 2 aromatic rings. The molecule has 31 heavy (non-hydrogen) atoms. The van der Waals surface area contributed by atoms with Crippen LogP contribution in [0.15, 0.2) is 18.3 Å². The van der Waals surface area contributed by atoms with Crippen LogP contribution in [0.5, 0.6) is 0 Å². The lowest BCUT2D eigenvalue weighted by molar-refractivity contribution is -0.123. The van der Waals surface area contributed by atoms with E-state index < -0.39 is 29.9 Å². The molecule has 0 saturated heterocycles. The lowest BCUT2D eigenvalue weighted by Crippen LogP contribution is -2.30. The van der Waals surface area contributed by atoms with Crippen LogP contribution in [-0.2, 0) is 19.0 Å². The van der Waals surface area contributed by atoms with E-state index >= 15 is 0 Å². The Hall–Kier alpha value is -2.98. The average molecular weight is 469 g/mol. The van der Waals surface area contributed by atoms with Crippen LogP contribution in [0.3, 0.4) is 0 Å². The summed E-state index contributed by atoms with van der Waals surface area (Å²) in [4.78, 5) is 53.4. The highest BCUT2D eigenvalue weighted by atomic mass is 35.5. The maximum atomic E-state index is 12.6. The maximum absolute atomic E-state index is 12.6. The number of hydrogen-bond acceptors (Lipinski definition) is 9. The number of ether oxygens (including phenoxy) is 3. The SMILES string of the molecule is CCOC(=O)c1sc(NC(=O)C(C)OC(=O)c2ccnc(Cl)c2)c(C(=O)OCC)c1C. The monoisotopic (exact) mass is 468 g/mol. The summed E-state index contributed by atoms with van der Waals surface area (Å²) in [5, 5.41) is 2.73. The van der Waals surface area contributed by atoms with Gasteiger partial charge in [-0.15, -0.1) is 11.3 Å². The van der Waals surface area contributed by atoms with Crippen molar-refractivity contribution in [2.75, 3.05) is 18.5 Å². The van der Waals surface area contributed by atoms with Crippen molar-refractivity contribution in [3.8, 4) is 0 Å². The van der Waals surface area contributed by atoms with Crippen LogP contribution >= 0.6 is 22.9 Å². The Morgan fingerprint density at radius 2 is 1.77 bits per heavy atom. The maximum Gasteiger partial charge on any atom is 0.348 e. The predicted molar refractivity (Wildman–Crippen MR) is 114 cm³/mol. The van der Waals surface area contributed by atoms with E-state index in [9.17, 15) is 19.2 Å². The number of anilines is 1. The molecule has 9 nitrogen and oxygen atoms in total. The fourth-order valence-corrected chi connectivity index (χ4v) is 3.73. The number of nitrogens with one attached hydrogen (secondary N) is 1. The molecule has 1 amide bonds. The second-order valence-corrected chi connectivity index (χ2v) is 7.51. The number of carbonyl (C=O) groups is 4. The number of halogens is 1. The van der Waals surface area contributed by atoms with Crippen molar-refractivity contribution in [2.45, 2.75) is 33.8 Å². The molecule has 2 rings (SSSR count). The van der Waals surface area contributed by atoms with Gasteiger partial charge in [-0.1, -0.05) is 11.6 Å². The largest absolute Gasteiger partial charge is 0.462 e. The number of pyridine rings is 1. The standard InChI is InChI=1S/C20H21ClN2O7S/c1-5-28-19(26)14-10(3)15(20(27)29-6-2)31-17(14)23-16(24)11(4)30-18(25)12-7-8-22-13(21)9-12/h7-9,11H,5-6H2,1-4H3,(H,23,24). The van der Waals surface area contributed by atoms with Crippen molar-refractivity contribution in [2.24, 2.45) is 0 Å². The van der Waals surface area contributed by atoms with E-state index in [0.29, 0.717) is 5.56 Å². The van der Waals surface area contributed by atoms with Crippen molar-refractivity contribution in [3.63, 3.8) is 0 Å². The zero-order valence-electron chi connectivity index (χ0n) is 17.3. The minimum absolute atomic E-state index is 0.0442. The summed E-state index contributed by atoms with van der Waals surface area (Å²) in [6, 6.07) is 2.70. The van der Waals surface area contributed by atoms with E-state index in [0.717, 1.165) is 11.3 Å². The van der Waals surface area contributed by atoms with E-state index in [1.165, 1.54) is 25.3 Å². The molecule has 11 heteroatoms. The van der Waals surface area contributed by atoms with Gasteiger partial charge >= 0.3 is 17.9 Å². The molecule has 0 bridgehead atoms. The smallest absolute Gasteiger partial charge is 0.348 e. The number of thiophene rings is 1. The third-order valence-electron chi connectivity index (χ3n) is 3.94. The second-order valence-electron chi connectivity index (χ2n) is 6.11. The fraction of sp³-hybridized carbons (Fsp3) is 0.350. The van der Waals surface area contributed by atoms with Crippen LogP contribution in [-0.4, -0.2) is 48.1 Å². The third-order valence-corrected chi connectivity index (χ3v) is 5.33. The van der Waals surface area contributed by atoms with Crippen molar-refractivity contribution >= 4 is 51.8 Å². The number of rotatable bonds is 8. The molecular formula is C20H21ClN2O7S. The molecule has 166 valence electrons. The summed E-state index contributed by atoms with van der Waals surface area (Å²) in [6.07, 6.45) is 0.128. The molecule has 2 aromatic heterocycles. The first-order valence-electron chi connectivity index (χ1n) is 9.30. The lowest BCUT2D eigenvalue weighted by Gasteiger charge is -2.13. The van der Waals surface area contributed by atoms with Crippen LogP contribution < -0.4 is 5.32 Å². The highest BCUT2D eigenvalue weighted by Gasteiger charge is 2.29. The van der Waals surface area contributed by atoms with Gasteiger partial charge in [0, 0.05) is 6.20 Å². The number of hydrogen-bond donors (Lipinski definition) is 1. The zero-order chi connectivity index (χ0) is 23.1. The van der Waals surface area contributed by atoms with Crippen LogP contribution in [0, 0.1) is 6.92 Å². The third kappa shape index (κ3) is 6.02. The number of aromatic nitrogens is 1. The molecule has 0 fully saturated rings. The van der Waals surface area contributed by atoms with Crippen molar-refractivity contribution in [1.82, 2.24) is 4.98 Å². The summed E-state index contributed by atoms with van der Waals surface area (Å²) in [5.41, 5.74) is 0.499. The van der Waals surface area contributed by atoms with Crippen LogP contribution in [0.4, 0.5) is 5.00 Å². The minimum atomic E-state index is -1.21. The first-order chi connectivity index (χ1) is 14.7. The van der Waals surface area contributed by atoms with Crippen molar-refractivity contribution < 1.29 is 33.4 Å². The van der Waals surface area contributed by atoms with Gasteiger partial charge in [0.15, 0.2) is 6.10 Å². The van der Waals surface area contributed by atoms with E-state index in [-0.39, 0.29) is 39.4 Å². The lowest BCUT2D eigenvalue weighted by atomic mass is 10.1. The first-order valence-corrected chi connectivity index (χ1v) is 10.5. The van der Waals surface area contributed by atoms with Crippen molar-refractivity contribution in [3.05, 3.63) is 45.1 Å². The van der Waals surface area contributed by atoms with E-state index in [4.69, 9.17) is 25.8 Å². The molecule has 0 saturated carbocycles. The van der Waals surface area contributed by atoms with Crippen molar-refractivity contribution in [1.29, 1.82) is 0 Å². The molecule has 0 spiro atoms. The number of nitrogens with zero attached hydrogens (tertiary/aromatic N) is 1. The summed E-state index contributed by atoms with van der Waals surface area (Å²) in [6.45, 7) is 6.48. The summed E-state index contributed by atoms with van der Waals surface area (Å²) in [7, 11) is 0. The average Bonchev–Trinajstić information content (AvgIpc) is 3.04. The predicted octanol–water partition coefficient (Wildman–Crippen LogP) is 3.64. The van der Waals surface area contributed by atoms with Gasteiger partial charge in [-0.05, 0) is 45.4 Å². The minimum Gasteiger partial charge on any atom is -0.462 e. The van der Waals surface area contributed by atoms with Gasteiger partial charge in [-0.3, -0.25) is 4.79 Å². The van der Waals surface area contributed by atoms with E-state index in [2.05, 4.69) is 10.3 Å². The van der Waals surface area contributed by atoms with Gasteiger partial charge in [0.25, 0.3) is 5.91 Å². The molecular weight excluding hydrogens is 448 g/mol. The summed E-state index contributed by atoms with van der Waals surface area (Å²) >= 11 is 6.63. The van der Waals surface area contributed by atoms with Gasteiger partial charge in [0.2, 0.25) is 0 Å². The Bertz CT molecular complexity index is 1010. The normalized spacial score (nSPS) is 11.4. The topological polar surface area (TPSA) is 121 Å². The highest BCUT2D eigenvalue weighted by molar-refractivity contribution is 7.18. The molecule has 0 aliphatic heterocycles. The summed E-state index contributed by atoms with van der Waals surface area (Å²) in [5.74, 6) is -2.79. The van der Waals surface area contributed by atoms with Crippen LogP contribution in [0.1, 0.15) is 56.7 Å². The number of carbonyl (C=O) groups excluding carboxylic acids is 4. The first kappa shape index (κ1) is 24.3. The molecule has 1 unspecified atom stereocenters. The van der Waals surface area contributed by atoms with Gasteiger partial charge in [0.1, 0.15) is 15.0 Å². The Morgan fingerprint density at radius 1 is 1.13 bits per heavy atom. The van der Waals surface area contributed by atoms with Crippen LogP contribution in [0.25, 0.3) is 0 Å². The Labute approximate surface area is 187 Å².